The first-order valence-electron chi connectivity index (χ1n) is 10.6. The monoisotopic (exact) mass is 426 g/mol. The molecule has 0 aromatic heterocycles. The third-order valence-electron chi connectivity index (χ3n) is 5.64. The number of nitrogens with zero attached hydrogens (tertiary/aromatic N) is 1. The second-order valence-corrected chi connectivity index (χ2v) is 7.55. The van der Waals surface area contributed by atoms with Crippen LogP contribution in [0.2, 0.25) is 0 Å². The van der Waals surface area contributed by atoms with Gasteiger partial charge in [-0.25, -0.2) is 0 Å². The molecule has 31 heavy (non-hydrogen) atoms. The van der Waals surface area contributed by atoms with E-state index in [-0.39, 0.29) is 17.9 Å². The van der Waals surface area contributed by atoms with Gasteiger partial charge in [0.15, 0.2) is 6.10 Å². The van der Waals surface area contributed by atoms with Crippen molar-refractivity contribution in [2.75, 3.05) is 19.5 Å². The van der Waals surface area contributed by atoms with Crippen molar-refractivity contribution in [3.05, 3.63) is 47.5 Å². The first-order chi connectivity index (χ1) is 14.9. The van der Waals surface area contributed by atoms with Crippen molar-refractivity contribution in [2.24, 2.45) is 0 Å². The summed E-state index contributed by atoms with van der Waals surface area (Å²) in [5.41, 5.74) is 1.78. The molecule has 1 N–H and O–H groups in total. The highest BCUT2D eigenvalue weighted by Gasteiger charge is 2.32. The predicted molar refractivity (Wildman–Crippen MR) is 119 cm³/mol. The van der Waals surface area contributed by atoms with Crippen molar-refractivity contribution >= 4 is 17.5 Å². The summed E-state index contributed by atoms with van der Waals surface area (Å²) in [6, 6.07) is 10.7. The lowest BCUT2D eigenvalue weighted by Gasteiger charge is -2.28. The van der Waals surface area contributed by atoms with E-state index in [9.17, 15) is 9.59 Å². The fourth-order valence-corrected chi connectivity index (χ4v) is 3.67. The van der Waals surface area contributed by atoms with Gasteiger partial charge in [0, 0.05) is 23.8 Å². The van der Waals surface area contributed by atoms with Crippen LogP contribution in [-0.2, 0) is 11.3 Å². The molecule has 1 aliphatic heterocycles. The number of carbonyl (C=O) groups excluding carboxylic acids is 2. The summed E-state index contributed by atoms with van der Waals surface area (Å²) in [4.78, 5) is 27.8. The molecule has 0 aliphatic carbocycles. The summed E-state index contributed by atoms with van der Waals surface area (Å²) < 4.78 is 16.7. The minimum atomic E-state index is -0.506. The zero-order valence-electron chi connectivity index (χ0n) is 18.7. The molecule has 1 heterocycles. The van der Waals surface area contributed by atoms with Gasteiger partial charge in [0.05, 0.1) is 14.2 Å². The van der Waals surface area contributed by atoms with Crippen LogP contribution in [0.5, 0.6) is 17.2 Å². The Morgan fingerprint density at radius 1 is 1.19 bits per heavy atom. The van der Waals surface area contributed by atoms with Crippen molar-refractivity contribution < 1.29 is 23.8 Å². The summed E-state index contributed by atoms with van der Waals surface area (Å²) in [6.07, 6.45) is 0.937. The van der Waals surface area contributed by atoms with Crippen LogP contribution in [0.15, 0.2) is 36.4 Å². The van der Waals surface area contributed by atoms with Gasteiger partial charge in [-0.05, 0) is 50.1 Å². The molecule has 0 bridgehead atoms. The highest BCUT2D eigenvalue weighted by Crippen LogP contribution is 2.32. The number of carbonyl (C=O) groups is 2. The highest BCUT2D eigenvalue weighted by molar-refractivity contribution is 6.08. The van der Waals surface area contributed by atoms with E-state index in [1.165, 1.54) is 14.2 Å². The first kappa shape index (κ1) is 22.5. The van der Waals surface area contributed by atoms with Crippen LogP contribution >= 0.6 is 0 Å². The van der Waals surface area contributed by atoms with E-state index in [1.807, 2.05) is 24.8 Å². The Morgan fingerprint density at radius 3 is 2.45 bits per heavy atom. The maximum absolute atomic E-state index is 13.0. The SMILES string of the molecule is CC[C@@H]1Oc2ccc(NC(=O)c3c(OC)cccc3OC)cc2CN([C@@H](C)CC)C1=O. The molecule has 2 aromatic carbocycles. The Bertz CT molecular complexity index is 937. The molecule has 0 saturated heterocycles. The molecule has 3 rings (SSSR count). The zero-order chi connectivity index (χ0) is 22.5. The summed E-state index contributed by atoms with van der Waals surface area (Å²) in [5.74, 6) is 1.17. The average molecular weight is 427 g/mol. The van der Waals surface area contributed by atoms with Gasteiger partial charge in [-0.3, -0.25) is 9.59 Å². The molecule has 2 aromatic rings. The Hall–Kier alpha value is -3.22. The number of nitrogens with one attached hydrogen (secondary N) is 1. The summed E-state index contributed by atoms with van der Waals surface area (Å²) >= 11 is 0. The number of ether oxygens (including phenoxy) is 3. The fraction of sp³-hybridized carbons (Fsp3) is 0.417. The number of hydrogen-bond donors (Lipinski definition) is 1. The maximum atomic E-state index is 13.0. The van der Waals surface area contributed by atoms with Crippen LogP contribution in [0.25, 0.3) is 0 Å². The van der Waals surface area contributed by atoms with Crippen LogP contribution in [0, 0.1) is 0 Å². The summed E-state index contributed by atoms with van der Waals surface area (Å²) in [6.45, 7) is 6.47. The Morgan fingerprint density at radius 2 is 1.87 bits per heavy atom. The van der Waals surface area contributed by atoms with Crippen molar-refractivity contribution in [3.8, 4) is 17.2 Å². The topological polar surface area (TPSA) is 77.1 Å². The van der Waals surface area contributed by atoms with Gasteiger partial charge < -0.3 is 24.4 Å². The molecule has 2 atom stereocenters. The molecular formula is C24H30N2O5. The van der Waals surface area contributed by atoms with Crippen LogP contribution in [0.4, 0.5) is 5.69 Å². The fourth-order valence-electron chi connectivity index (χ4n) is 3.67. The third kappa shape index (κ3) is 4.60. The number of hydrogen-bond acceptors (Lipinski definition) is 5. The molecule has 7 heteroatoms. The maximum Gasteiger partial charge on any atom is 0.264 e. The molecule has 0 unspecified atom stereocenters. The van der Waals surface area contributed by atoms with Gasteiger partial charge in [-0.2, -0.15) is 0 Å². The van der Waals surface area contributed by atoms with Gasteiger partial charge in [0.2, 0.25) is 0 Å². The first-order valence-corrected chi connectivity index (χ1v) is 10.6. The van der Waals surface area contributed by atoms with Gasteiger partial charge in [0.1, 0.15) is 22.8 Å². The second kappa shape index (κ2) is 9.73. The average Bonchev–Trinajstić information content (AvgIpc) is 2.93. The van der Waals surface area contributed by atoms with Crippen LogP contribution in [0.3, 0.4) is 0 Å². The van der Waals surface area contributed by atoms with E-state index in [0.29, 0.717) is 41.5 Å². The second-order valence-electron chi connectivity index (χ2n) is 7.55. The van der Waals surface area contributed by atoms with Crippen molar-refractivity contribution in [3.63, 3.8) is 0 Å². The molecule has 0 fully saturated rings. The van der Waals surface area contributed by atoms with E-state index >= 15 is 0 Å². The lowest BCUT2D eigenvalue weighted by Crippen LogP contribution is -2.43. The number of fused-ring (bicyclic) bond motifs is 1. The number of methoxy groups -OCH3 is 2. The lowest BCUT2D eigenvalue weighted by molar-refractivity contribution is -0.140. The van der Waals surface area contributed by atoms with Crippen molar-refractivity contribution in [1.82, 2.24) is 4.90 Å². The van der Waals surface area contributed by atoms with E-state index in [2.05, 4.69) is 12.2 Å². The molecular weight excluding hydrogens is 396 g/mol. The van der Waals surface area contributed by atoms with Gasteiger partial charge >= 0.3 is 0 Å². The van der Waals surface area contributed by atoms with E-state index in [4.69, 9.17) is 14.2 Å². The molecule has 0 radical (unpaired) electrons. The summed E-state index contributed by atoms with van der Waals surface area (Å²) in [5, 5.41) is 2.91. The molecule has 166 valence electrons. The van der Waals surface area contributed by atoms with Gasteiger partial charge in [0.25, 0.3) is 11.8 Å². The standard InChI is InChI=1S/C24H30N2O5/c1-6-15(3)26-14-16-13-17(11-12-19(16)31-18(7-2)24(26)28)25-23(27)22-20(29-4)9-8-10-21(22)30-5/h8-13,15,18H,6-7,14H2,1-5H3,(H,25,27)/t15-,18-/m0/s1. The van der Waals surface area contributed by atoms with Crippen molar-refractivity contribution in [2.45, 2.75) is 52.3 Å². The number of benzene rings is 2. The van der Waals surface area contributed by atoms with Gasteiger partial charge in [-0.15, -0.1) is 0 Å². The number of rotatable bonds is 7. The quantitative estimate of drug-likeness (QED) is 0.716. The third-order valence-corrected chi connectivity index (χ3v) is 5.64. The Labute approximate surface area is 183 Å². The van der Waals surface area contributed by atoms with Crippen LogP contribution < -0.4 is 19.5 Å². The Kier molecular flexibility index (Phi) is 7.05. The highest BCUT2D eigenvalue weighted by atomic mass is 16.5. The van der Waals surface area contributed by atoms with Crippen LogP contribution in [0.1, 0.15) is 49.5 Å². The van der Waals surface area contributed by atoms with E-state index < -0.39 is 6.10 Å². The lowest BCUT2D eigenvalue weighted by atomic mass is 10.1. The minimum absolute atomic E-state index is 0.00241. The molecule has 1 aliphatic rings. The molecule has 2 amide bonds. The van der Waals surface area contributed by atoms with Crippen molar-refractivity contribution in [1.29, 1.82) is 0 Å². The zero-order valence-corrected chi connectivity index (χ0v) is 18.7. The predicted octanol–water partition coefficient (Wildman–Crippen LogP) is 4.25. The number of amides is 2. The van der Waals surface area contributed by atoms with Gasteiger partial charge in [-0.1, -0.05) is 19.9 Å². The smallest absolute Gasteiger partial charge is 0.264 e. The summed E-state index contributed by atoms with van der Waals surface area (Å²) in [7, 11) is 3.02. The molecule has 0 spiro atoms. The van der Waals surface area contributed by atoms with Crippen LogP contribution in [-0.4, -0.2) is 43.1 Å². The van der Waals surface area contributed by atoms with E-state index in [0.717, 1.165) is 12.0 Å². The number of anilines is 1. The molecule has 7 nitrogen and oxygen atoms in total. The minimum Gasteiger partial charge on any atom is -0.496 e. The normalized spacial score (nSPS) is 16.6. The van der Waals surface area contributed by atoms with E-state index in [1.54, 1.807) is 30.3 Å². The molecule has 0 saturated carbocycles. The largest absolute Gasteiger partial charge is 0.496 e. The Balaban J connectivity index is 1.92.